The summed E-state index contributed by atoms with van der Waals surface area (Å²) in [6.07, 6.45) is 0. The number of nitro benzene ring substituents is 1. The minimum atomic E-state index is -0.473. The van der Waals surface area contributed by atoms with E-state index in [-0.39, 0.29) is 18.0 Å². The fourth-order valence-corrected chi connectivity index (χ4v) is 2.32. The lowest BCUT2D eigenvalue weighted by atomic mass is 10.2. The van der Waals surface area contributed by atoms with Gasteiger partial charge >= 0.3 is 5.69 Å². The first kappa shape index (κ1) is 13.4. The van der Waals surface area contributed by atoms with Gasteiger partial charge in [0.25, 0.3) is 0 Å². The number of para-hydroxylation sites is 1. The molecular formula is C11H12N4O3S. The van der Waals surface area contributed by atoms with Crippen LogP contribution in [0.3, 0.4) is 0 Å². The Balaban J connectivity index is 2.55. The molecule has 0 bridgehead atoms. The molecule has 2 aromatic rings. The maximum atomic E-state index is 11.0. The van der Waals surface area contributed by atoms with Gasteiger partial charge in [-0.1, -0.05) is 17.4 Å². The molecule has 0 atom stereocenters. The van der Waals surface area contributed by atoms with Gasteiger partial charge in [-0.25, -0.2) is 0 Å². The summed E-state index contributed by atoms with van der Waals surface area (Å²) >= 11 is 1.30. The molecule has 0 spiro atoms. The highest BCUT2D eigenvalue weighted by Gasteiger charge is 2.21. The molecule has 0 aliphatic rings. The average molecular weight is 280 g/mol. The number of nitrogens with two attached hydrogens (primary N) is 1. The number of aromatic nitrogens is 2. The molecule has 0 aliphatic heterocycles. The van der Waals surface area contributed by atoms with E-state index < -0.39 is 4.92 Å². The van der Waals surface area contributed by atoms with Crippen LogP contribution in [-0.2, 0) is 6.54 Å². The van der Waals surface area contributed by atoms with Crippen LogP contribution in [0.15, 0.2) is 18.2 Å². The number of ether oxygens (including phenoxy) is 1. The predicted octanol–water partition coefficient (Wildman–Crippen LogP) is 1.97. The number of rotatable bonds is 5. The normalized spacial score (nSPS) is 10.4. The maximum Gasteiger partial charge on any atom is 0.311 e. The largest absolute Gasteiger partial charge is 0.487 e. The Labute approximate surface area is 113 Å². The second-order valence-electron chi connectivity index (χ2n) is 3.55. The minimum absolute atomic E-state index is 0.0798. The Morgan fingerprint density at radius 1 is 1.47 bits per heavy atom. The van der Waals surface area contributed by atoms with E-state index in [1.165, 1.54) is 17.4 Å². The Morgan fingerprint density at radius 3 is 2.84 bits per heavy atom. The Hall–Kier alpha value is -2.06. The third-order valence-corrected chi connectivity index (χ3v) is 3.33. The molecule has 100 valence electrons. The van der Waals surface area contributed by atoms with Gasteiger partial charge in [0.15, 0.2) is 5.01 Å². The standard InChI is InChI=1S/C11H12N4O3S/c1-2-18-10-7(4-3-5-8(10)15(16)17)11-14-13-9(6-12)19-11/h3-5H,2,6,12H2,1H3. The van der Waals surface area contributed by atoms with Crippen LogP contribution in [0.25, 0.3) is 10.6 Å². The quantitative estimate of drug-likeness (QED) is 0.663. The zero-order valence-electron chi connectivity index (χ0n) is 10.2. The number of nitro groups is 1. The van der Waals surface area contributed by atoms with E-state index >= 15 is 0 Å². The summed E-state index contributed by atoms with van der Waals surface area (Å²) in [4.78, 5) is 10.5. The van der Waals surface area contributed by atoms with E-state index in [4.69, 9.17) is 10.5 Å². The summed E-state index contributed by atoms with van der Waals surface area (Å²) in [7, 11) is 0. The number of benzene rings is 1. The van der Waals surface area contributed by atoms with Crippen LogP contribution in [0, 0.1) is 10.1 Å². The Kier molecular flexibility index (Phi) is 4.03. The second-order valence-corrected chi connectivity index (χ2v) is 4.61. The van der Waals surface area contributed by atoms with Crippen molar-refractivity contribution >= 4 is 17.0 Å². The van der Waals surface area contributed by atoms with Crippen LogP contribution in [0.4, 0.5) is 5.69 Å². The summed E-state index contributed by atoms with van der Waals surface area (Å²) < 4.78 is 5.39. The van der Waals surface area contributed by atoms with Gasteiger partial charge in [0.2, 0.25) is 5.75 Å². The number of nitrogens with zero attached hydrogens (tertiary/aromatic N) is 3. The highest BCUT2D eigenvalue weighted by atomic mass is 32.1. The Bertz CT molecular complexity index is 599. The van der Waals surface area contributed by atoms with Gasteiger partial charge in [-0.15, -0.1) is 10.2 Å². The van der Waals surface area contributed by atoms with E-state index in [0.29, 0.717) is 22.2 Å². The first-order valence-electron chi connectivity index (χ1n) is 5.60. The van der Waals surface area contributed by atoms with E-state index in [1.54, 1.807) is 19.1 Å². The van der Waals surface area contributed by atoms with Gasteiger partial charge < -0.3 is 10.5 Å². The van der Waals surface area contributed by atoms with Gasteiger partial charge in [-0.3, -0.25) is 10.1 Å². The van der Waals surface area contributed by atoms with E-state index in [1.807, 2.05) is 0 Å². The van der Waals surface area contributed by atoms with Gasteiger partial charge in [-0.2, -0.15) is 0 Å². The van der Waals surface area contributed by atoms with Crippen LogP contribution in [-0.4, -0.2) is 21.7 Å². The first-order valence-corrected chi connectivity index (χ1v) is 6.42. The lowest BCUT2D eigenvalue weighted by Gasteiger charge is -2.07. The minimum Gasteiger partial charge on any atom is -0.487 e. The third kappa shape index (κ3) is 2.69. The number of hydrogen-bond acceptors (Lipinski definition) is 7. The van der Waals surface area contributed by atoms with Crippen LogP contribution in [0.1, 0.15) is 11.9 Å². The van der Waals surface area contributed by atoms with Crippen molar-refractivity contribution in [3.05, 3.63) is 33.3 Å². The monoisotopic (exact) mass is 280 g/mol. The lowest BCUT2D eigenvalue weighted by molar-refractivity contribution is -0.385. The maximum absolute atomic E-state index is 11.0. The highest BCUT2D eigenvalue weighted by molar-refractivity contribution is 7.14. The molecule has 1 aromatic carbocycles. The van der Waals surface area contributed by atoms with E-state index in [9.17, 15) is 10.1 Å². The SMILES string of the molecule is CCOc1c(-c2nnc(CN)s2)cccc1[N+](=O)[O-]. The molecule has 0 amide bonds. The van der Waals surface area contributed by atoms with Gasteiger partial charge in [-0.05, 0) is 13.0 Å². The van der Waals surface area contributed by atoms with Gasteiger partial charge in [0.1, 0.15) is 5.01 Å². The molecule has 7 nitrogen and oxygen atoms in total. The zero-order chi connectivity index (χ0) is 13.8. The van der Waals surface area contributed by atoms with Crippen molar-refractivity contribution in [1.29, 1.82) is 0 Å². The van der Waals surface area contributed by atoms with Crippen molar-refractivity contribution in [3.63, 3.8) is 0 Å². The molecule has 1 aromatic heterocycles. The van der Waals surface area contributed by atoms with Crippen LogP contribution in [0.5, 0.6) is 5.75 Å². The molecule has 8 heteroatoms. The van der Waals surface area contributed by atoms with Crippen molar-refractivity contribution in [2.75, 3.05) is 6.61 Å². The van der Waals surface area contributed by atoms with E-state index in [0.717, 1.165) is 0 Å². The van der Waals surface area contributed by atoms with Crippen LogP contribution < -0.4 is 10.5 Å². The fourth-order valence-electron chi connectivity index (χ4n) is 1.58. The van der Waals surface area contributed by atoms with E-state index in [2.05, 4.69) is 10.2 Å². The van der Waals surface area contributed by atoms with Crippen molar-refractivity contribution < 1.29 is 9.66 Å². The second kappa shape index (κ2) is 5.72. The van der Waals surface area contributed by atoms with Crippen molar-refractivity contribution in [1.82, 2.24) is 10.2 Å². The van der Waals surface area contributed by atoms with Crippen LogP contribution in [0.2, 0.25) is 0 Å². The van der Waals surface area contributed by atoms with Gasteiger partial charge in [0, 0.05) is 12.6 Å². The molecule has 0 saturated carbocycles. The van der Waals surface area contributed by atoms with Crippen LogP contribution >= 0.6 is 11.3 Å². The van der Waals surface area contributed by atoms with Gasteiger partial charge in [0.05, 0.1) is 17.1 Å². The highest BCUT2D eigenvalue weighted by Crippen LogP contribution is 2.38. The molecule has 2 rings (SSSR count). The molecular weight excluding hydrogens is 268 g/mol. The molecule has 0 radical (unpaired) electrons. The molecule has 0 fully saturated rings. The van der Waals surface area contributed by atoms with Crippen molar-refractivity contribution in [2.45, 2.75) is 13.5 Å². The summed E-state index contributed by atoms with van der Waals surface area (Å²) in [5, 5.41) is 20.1. The molecule has 0 aliphatic carbocycles. The van der Waals surface area contributed by atoms with Crippen molar-refractivity contribution in [3.8, 4) is 16.3 Å². The summed E-state index contributed by atoms with van der Waals surface area (Å²) in [6, 6.07) is 4.72. The molecule has 1 heterocycles. The van der Waals surface area contributed by atoms with Crippen molar-refractivity contribution in [2.24, 2.45) is 5.73 Å². The average Bonchev–Trinajstić information content (AvgIpc) is 2.87. The summed E-state index contributed by atoms with van der Waals surface area (Å²) in [5.41, 5.74) is 5.97. The number of hydrogen-bond donors (Lipinski definition) is 1. The first-order chi connectivity index (χ1) is 9.17. The topological polar surface area (TPSA) is 104 Å². The molecule has 0 saturated heterocycles. The molecule has 2 N–H and O–H groups in total. The third-order valence-electron chi connectivity index (χ3n) is 2.35. The lowest BCUT2D eigenvalue weighted by Crippen LogP contribution is -1.99. The summed E-state index contributed by atoms with van der Waals surface area (Å²) in [5.74, 6) is 0.217. The smallest absolute Gasteiger partial charge is 0.311 e. The zero-order valence-corrected chi connectivity index (χ0v) is 11.0. The fraction of sp³-hybridized carbons (Fsp3) is 0.273. The summed E-state index contributed by atoms with van der Waals surface area (Å²) in [6.45, 7) is 2.39. The molecule has 0 unspecified atom stereocenters. The predicted molar refractivity (Wildman–Crippen MR) is 71.1 cm³/mol. The molecule has 19 heavy (non-hydrogen) atoms. The Morgan fingerprint density at radius 2 is 2.26 bits per heavy atom.